The molecule has 0 saturated carbocycles. The Morgan fingerprint density at radius 1 is 1.44 bits per heavy atom. The maximum Gasteiger partial charge on any atom is 0.254 e. The summed E-state index contributed by atoms with van der Waals surface area (Å²) in [5, 5.41) is 0. The molecular weight excluding hydrogens is 224 g/mol. The molecule has 0 bridgehead atoms. The molecule has 2 N–H and O–H groups in total. The number of nitrogens with zero attached hydrogens (tertiary/aromatic N) is 1. The molecule has 98 valence electrons. The zero-order chi connectivity index (χ0) is 13.3. The first-order chi connectivity index (χ1) is 8.49. The molecule has 2 unspecified atom stereocenters. The van der Waals surface area contributed by atoms with E-state index in [2.05, 4.69) is 6.07 Å². The lowest BCUT2D eigenvalue weighted by molar-refractivity contribution is 0.0785. The van der Waals surface area contributed by atoms with Crippen molar-refractivity contribution in [1.82, 2.24) is 4.90 Å². The van der Waals surface area contributed by atoms with Crippen LogP contribution in [0.1, 0.15) is 34.8 Å². The van der Waals surface area contributed by atoms with Crippen LogP contribution in [0.2, 0.25) is 0 Å². The van der Waals surface area contributed by atoms with E-state index in [1.807, 2.05) is 37.8 Å². The molecule has 0 aromatic heterocycles. The summed E-state index contributed by atoms with van der Waals surface area (Å²) < 4.78 is 0. The van der Waals surface area contributed by atoms with Gasteiger partial charge in [0, 0.05) is 24.7 Å². The molecule has 1 aromatic rings. The number of aryl methyl sites for hydroxylation is 2. The summed E-state index contributed by atoms with van der Waals surface area (Å²) in [5.74, 6) is 0.593. The van der Waals surface area contributed by atoms with Crippen molar-refractivity contribution in [2.24, 2.45) is 11.7 Å². The molecule has 1 fully saturated rings. The lowest BCUT2D eigenvalue weighted by Gasteiger charge is -2.19. The molecule has 1 saturated heterocycles. The highest BCUT2D eigenvalue weighted by atomic mass is 16.2. The minimum Gasteiger partial charge on any atom is -0.338 e. The molecule has 0 radical (unpaired) electrons. The van der Waals surface area contributed by atoms with Crippen molar-refractivity contribution in [3.8, 4) is 0 Å². The van der Waals surface area contributed by atoms with E-state index in [-0.39, 0.29) is 11.9 Å². The third-order valence-electron chi connectivity index (χ3n) is 3.87. The first-order valence-corrected chi connectivity index (χ1v) is 6.61. The van der Waals surface area contributed by atoms with Gasteiger partial charge in [-0.15, -0.1) is 0 Å². The normalized spacial score (nSPS) is 21.1. The predicted molar refractivity (Wildman–Crippen MR) is 73.6 cm³/mol. The fraction of sp³-hybridized carbons (Fsp3) is 0.533. The van der Waals surface area contributed by atoms with Crippen LogP contribution in [-0.4, -0.2) is 29.9 Å². The van der Waals surface area contributed by atoms with E-state index < -0.39 is 0 Å². The molecule has 1 amide bonds. The van der Waals surface area contributed by atoms with Crippen molar-refractivity contribution in [2.45, 2.75) is 33.2 Å². The highest BCUT2D eigenvalue weighted by molar-refractivity contribution is 5.95. The van der Waals surface area contributed by atoms with Crippen LogP contribution in [0.15, 0.2) is 18.2 Å². The van der Waals surface area contributed by atoms with Crippen molar-refractivity contribution < 1.29 is 4.79 Å². The van der Waals surface area contributed by atoms with E-state index in [9.17, 15) is 4.79 Å². The van der Waals surface area contributed by atoms with Crippen LogP contribution < -0.4 is 5.73 Å². The monoisotopic (exact) mass is 246 g/mol. The summed E-state index contributed by atoms with van der Waals surface area (Å²) in [7, 11) is 0. The van der Waals surface area contributed by atoms with Gasteiger partial charge in [-0.1, -0.05) is 17.7 Å². The Labute approximate surface area is 109 Å². The van der Waals surface area contributed by atoms with Gasteiger partial charge in [0.1, 0.15) is 0 Å². The van der Waals surface area contributed by atoms with Gasteiger partial charge in [-0.3, -0.25) is 4.79 Å². The first kappa shape index (κ1) is 13.1. The quantitative estimate of drug-likeness (QED) is 0.868. The predicted octanol–water partition coefficient (Wildman–Crippen LogP) is 2.11. The molecular formula is C15H22N2O. The molecule has 0 spiro atoms. The summed E-state index contributed by atoms with van der Waals surface area (Å²) in [5.41, 5.74) is 8.99. The smallest absolute Gasteiger partial charge is 0.254 e. The molecule has 1 heterocycles. The molecule has 2 atom stereocenters. The topological polar surface area (TPSA) is 46.3 Å². The van der Waals surface area contributed by atoms with Crippen molar-refractivity contribution >= 4 is 5.91 Å². The SMILES string of the molecule is Cc1ccc(C(=O)N2CCC(C(C)N)C2)c(C)c1. The number of benzene rings is 1. The number of carbonyl (C=O) groups is 1. The van der Waals surface area contributed by atoms with E-state index in [4.69, 9.17) is 5.73 Å². The summed E-state index contributed by atoms with van der Waals surface area (Å²) in [6, 6.07) is 6.17. The highest BCUT2D eigenvalue weighted by Gasteiger charge is 2.29. The average molecular weight is 246 g/mol. The molecule has 2 rings (SSSR count). The summed E-state index contributed by atoms with van der Waals surface area (Å²) >= 11 is 0. The van der Waals surface area contributed by atoms with Gasteiger partial charge in [0.2, 0.25) is 0 Å². The van der Waals surface area contributed by atoms with Crippen molar-refractivity contribution in [1.29, 1.82) is 0 Å². The molecule has 18 heavy (non-hydrogen) atoms. The number of likely N-dealkylation sites (tertiary alicyclic amines) is 1. The van der Waals surface area contributed by atoms with Gasteiger partial charge in [0.05, 0.1) is 0 Å². The van der Waals surface area contributed by atoms with Gasteiger partial charge in [-0.2, -0.15) is 0 Å². The largest absolute Gasteiger partial charge is 0.338 e. The maximum absolute atomic E-state index is 12.4. The van der Waals surface area contributed by atoms with Gasteiger partial charge in [0.15, 0.2) is 0 Å². The molecule has 3 heteroatoms. The van der Waals surface area contributed by atoms with Crippen LogP contribution in [0.3, 0.4) is 0 Å². The second-order valence-corrected chi connectivity index (χ2v) is 5.48. The van der Waals surface area contributed by atoms with Gasteiger partial charge in [-0.05, 0) is 44.7 Å². The molecule has 1 aliphatic rings. The molecule has 3 nitrogen and oxygen atoms in total. The van der Waals surface area contributed by atoms with E-state index in [0.29, 0.717) is 5.92 Å². The highest BCUT2D eigenvalue weighted by Crippen LogP contribution is 2.22. The average Bonchev–Trinajstić information content (AvgIpc) is 2.77. The number of amides is 1. The molecule has 1 aliphatic heterocycles. The second-order valence-electron chi connectivity index (χ2n) is 5.48. The number of nitrogens with two attached hydrogens (primary N) is 1. The summed E-state index contributed by atoms with van der Waals surface area (Å²) in [4.78, 5) is 14.4. The van der Waals surface area contributed by atoms with Gasteiger partial charge in [0.25, 0.3) is 5.91 Å². The first-order valence-electron chi connectivity index (χ1n) is 6.61. The zero-order valence-corrected chi connectivity index (χ0v) is 11.4. The van der Waals surface area contributed by atoms with Crippen molar-refractivity contribution in [2.75, 3.05) is 13.1 Å². The number of hydrogen-bond donors (Lipinski definition) is 1. The maximum atomic E-state index is 12.4. The Morgan fingerprint density at radius 3 is 2.72 bits per heavy atom. The third kappa shape index (κ3) is 2.56. The lowest BCUT2D eigenvalue weighted by atomic mass is 10.0. The van der Waals surface area contributed by atoms with E-state index in [1.54, 1.807) is 0 Å². The standard InChI is InChI=1S/C15H22N2O/c1-10-4-5-14(11(2)8-10)15(18)17-7-6-13(9-17)12(3)16/h4-5,8,12-13H,6-7,9,16H2,1-3H3. The van der Waals surface area contributed by atoms with Gasteiger partial charge in [-0.25, -0.2) is 0 Å². The number of hydrogen-bond acceptors (Lipinski definition) is 2. The van der Waals surface area contributed by atoms with E-state index in [1.165, 1.54) is 5.56 Å². The van der Waals surface area contributed by atoms with E-state index >= 15 is 0 Å². The van der Waals surface area contributed by atoms with Crippen LogP contribution in [0.5, 0.6) is 0 Å². The minimum absolute atomic E-state index is 0.149. The van der Waals surface area contributed by atoms with Crippen LogP contribution in [-0.2, 0) is 0 Å². The minimum atomic E-state index is 0.149. The lowest BCUT2D eigenvalue weighted by Crippen LogP contribution is -2.33. The van der Waals surface area contributed by atoms with Crippen molar-refractivity contribution in [3.05, 3.63) is 34.9 Å². The Bertz CT molecular complexity index is 454. The fourth-order valence-corrected chi connectivity index (χ4v) is 2.62. The van der Waals surface area contributed by atoms with Crippen LogP contribution in [0.25, 0.3) is 0 Å². The Morgan fingerprint density at radius 2 is 2.17 bits per heavy atom. The van der Waals surface area contributed by atoms with Crippen molar-refractivity contribution in [3.63, 3.8) is 0 Å². The van der Waals surface area contributed by atoms with Gasteiger partial charge >= 0.3 is 0 Å². The van der Waals surface area contributed by atoms with Gasteiger partial charge < -0.3 is 10.6 Å². The fourth-order valence-electron chi connectivity index (χ4n) is 2.62. The van der Waals surface area contributed by atoms with E-state index in [0.717, 1.165) is 30.6 Å². The third-order valence-corrected chi connectivity index (χ3v) is 3.87. The summed E-state index contributed by atoms with van der Waals surface area (Å²) in [6.45, 7) is 7.69. The second kappa shape index (κ2) is 5.11. The zero-order valence-electron chi connectivity index (χ0n) is 11.4. The van der Waals surface area contributed by atoms with Crippen LogP contribution in [0.4, 0.5) is 0 Å². The Hall–Kier alpha value is -1.35. The number of rotatable bonds is 2. The summed E-state index contributed by atoms with van der Waals surface area (Å²) in [6.07, 6.45) is 1.02. The number of carbonyl (C=O) groups excluding carboxylic acids is 1. The Kier molecular flexibility index (Phi) is 3.71. The molecule has 0 aliphatic carbocycles. The van der Waals surface area contributed by atoms with Crippen LogP contribution in [0, 0.1) is 19.8 Å². The molecule has 1 aromatic carbocycles. The van der Waals surface area contributed by atoms with Crippen LogP contribution >= 0.6 is 0 Å². The Balaban J connectivity index is 2.13.